The van der Waals surface area contributed by atoms with Crippen LogP contribution in [0.5, 0.6) is 5.75 Å². The van der Waals surface area contributed by atoms with Crippen LogP contribution in [0.2, 0.25) is 0 Å². The molecule has 218 valence electrons. The molecule has 2 aliphatic heterocycles. The minimum Gasteiger partial charge on any atom is -0.497 e. The van der Waals surface area contributed by atoms with Gasteiger partial charge in [-0.1, -0.05) is 25.5 Å². The minimum absolute atomic E-state index is 0.0365. The number of hydrogen-bond donors (Lipinski definition) is 1. The van der Waals surface area contributed by atoms with Gasteiger partial charge >= 0.3 is 0 Å². The smallest absolute Gasteiger partial charge is 0.127 e. The predicted octanol–water partition coefficient (Wildman–Crippen LogP) is 5.65. The highest BCUT2D eigenvalue weighted by Gasteiger charge is 2.38. The van der Waals surface area contributed by atoms with Crippen LogP contribution in [0.15, 0.2) is 42.5 Å². The molecule has 0 radical (unpaired) electrons. The normalized spacial score (nSPS) is 22.6. The Hall–Kier alpha value is -2.61. The third-order valence-electron chi connectivity index (χ3n) is 9.40. The number of methoxy groups -OCH3 is 1. The molecule has 1 aromatic heterocycles. The van der Waals surface area contributed by atoms with E-state index in [2.05, 4.69) is 109 Å². The molecule has 0 unspecified atom stereocenters. The molecule has 7 heteroatoms. The van der Waals surface area contributed by atoms with Crippen molar-refractivity contribution in [1.29, 1.82) is 0 Å². The van der Waals surface area contributed by atoms with Crippen LogP contribution in [0.3, 0.4) is 0 Å². The molecular weight excluding hydrogens is 496 g/mol. The van der Waals surface area contributed by atoms with Gasteiger partial charge in [0.05, 0.1) is 24.2 Å². The number of nitrogens with one attached hydrogen (secondary N) is 1. The van der Waals surface area contributed by atoms with E-state index in [1.807, 2.05) is 0 Å². The largest absolute Gasteiger partial charge is 0.497 e. The van der Waals surface area contributed by atoms with Crippen LogP contribution < -0.4 is 15.0 Å². The van der Waals surface area contributed by atoms with E-state index in [-0.39, 0.29) is 5.54 Å². The van der Waals surface area contributed by atoms with Crippen molar-refractivity contribution in [2.45, 2.75) is 83.6 Å². The number of anilines is 1. The number of piperidine rings is 1. The molecule has 5 rings (SSSR count). The van der Waals surface area contributed by atoms with E-state index >= 15 is 0 Å². The van der Waals surface area contributed by atoms with E-state index in [1.165, 1.54) is 22.6 Å². The molecule has 2 aliphatic rings. The first-order valence-corrected chi connectivity index (χ1v) is 15.4. The summed E-state index contributed by atoms with van der Waals surface area (Å²) >= 11 is 0. The van der Waals surface area contributed by atoms with E-state index < -0.39 is 0 Å². The van der Waals surface area contributed by atoms with Crippen LogP contribution in [0.4, 0.5) is 5.69 Å². The molecule has 40 heavy (non-hydrogen) atoms. The zero-order valence-electron chi connectivity index (χ0n) is 25.8. The summed E-state index contributed by atoms with van der Waals surface area (Å²) in [6.07, 6.45) is 4.46. The summed E-state index contributed by atoms with van der Waals surface area (Å²) in [6.45, 7) is 14.3. The highest BCUT2D eigenvalue weighted by atomic mass is 16.5. The second-order valence-corrected chi connectivity index (χ2v) is 12.3. The van der Waals surface area contributed by atoms with Gasteiger partial charge in [0.1, 0.15) is 11.6 Å². The van der Waals surface area contributed by atoms with Gasteiger partial charge in [-0.25, -0.2) is 4.98 Å². The van der Waals surface area contributed by atoms with E-state index in [9.17, 15) is 0 Å². The van der Waals surface area contributed by atoms with Crippen molar-refractivity contribution in [2.24, 2.45) is 0 Å². The fraction of sp³-hybridized carbons (Fsp3) is 0.606. The van der Waals surface area contributed by atoms with Crippen LogP contribution >= 0.6 is 0 Å². The van der Waals surface area contributed by atoms with Gasteiger partial charge in [-0.05, 0) is 90.0 Å². The molecule has 2 fully saturated rings. The first kappa shape index (κ1) is 28.9. The molecule has 3 heterocycles. The summed E-state index contributed by atoms with van der Waals surface area (Å²) in [6, 6.07) is 17.0. The molecule has 2 saturated heterocycles. The Kier molecular flexibility index (Phi) is 8.74. The quantitative estimate of drug-likeness (QED) is 0.375. The van der Waals surface area contributed by atoms with Crippen molar-refractivity contribution in [1.82, 2.24) is 24.7 Å². The number of aromatic nitrogens is 2. The minimum atomic E-state index is 0.0365. The maximum atomic E-state index is 5.42. The van der Waals surface area contributed by atoms with Crippen molar-refractivity contribution in [3.63, 3.8) is 0 Å². The van der Waals surface area contributed by atoms with Gasteiger partial charge in [-0.15, -0.1) is 0 Å². The highest BCUT2D eigenvalue weighted by Crippen LogP contribution is 2.40. The molecule has 3 atom stereocenters. The molecule has 0 bridgehead atoms. The van der Waals surface area contributed by atoms with Gasteiger partial charge in [0.15, 0.2) is 0 Å². The third kappa shape index (κ3) is 5.48. The number of fused-ring (bicyclic) bond motifs is 1. The van der Waals surface area contributed by atoms with Crippen LogP contribution in [0.1, 0.15) is 70.8 Å². The molecule has 1 N–H and O–H groups in total. The van der Waals surface area contributed by atoms with Crippen molar-refractivity contribution in [2.75, 3.05) is 52.3 Å². The standard InChI is InChI=1S/C33H50N6O/c1-8-10-31(38-22-24(3)34-25(4)23-38)32-35-29-21-27(13-16-30(29)39(32)9-2)37-19-17-33(18-20-37,36(5)6)26-11-14-28(40-7)15-12-26/h11-16,21,24-25,31,34H,8-10,17-20,22-23H2,1-7H3/t24-,25+,31-/m1/s1. The van der Waals surface area contributed by atoms with Gasteiger partial charge < -0.3 is 19.5 Å². The zero-order chi connectivity index (χ0) is 28.4. The SMILES string of the molecule is CCC[C@H](c1nc2cc(N3CCC(c4ccc(OC)cc4)(N(C)C)CC3)ccc2n1CC)N1C[C@@H](C)N[C@@H](C)C1. The van der Waals surface area contributed by atoms with Crippen molar-refractivity contribution < 1.29 is 4.74 Å². The Morgan fingerprint density at radius 2 is 1.70 bits per heavy atom. The third-order valence-corrected chi connectivity index (χ3v) is 9.40. The Balaban J connectivity index is 1.40. The zero-order valence-corrected chi connectivity index (χ0v) is 25.8. The molecular formula is C33H50N6O. The Morgan fingerprint density at radius 1 is 1.02 bits per heavy atom. The summed E-state index contributed by atoms with van der Waals surface area (Å²) < 4.78 is 7.88. The Bertz CT molecular complexity index is 1250. The summed E-state index contributed by atoms with van der Waals surface area (Å²) in [5, 5.41) is 3.70. The first-order valence-electron chi connectivity index (χ1n) is 15.4. The highest BCUT2D eigenvalue weighted by molar-refractivity contribution is 5.80. The molecule has 0 amide bonds. The number of ether oxygens (including phenoxy) is 1. The van der Waals surface area contributed by atoms with E-state index in [0.29, 0.717) is 18.1 Å². The second kappa shape index (κ2) is 12.1. The molecule has 0 saturated carbocycles. The summed E-state index contributed by atoms with van der Waals surface area (Å²) in [5.41, 5.74) is 5.09. The first-order chi connectivity index (χ1) is 19.3. The van der Waals surface area contributed by atoms with Crippen LogP contribution in [0, 0.1) is 0 Å². The fourth-order valence-electron chi connectivity index (χ4n) is 7.32. The molecule has 2 aromatic carbocycles. The number of imidazole rings is 1. The predicted molar refractivity (Wildman–Crippen MR) is 166 cm³/mol. The van der Waals surface area contributed by atoms with Gasteiger partial charge in [-0.3, -0.25) is 9.80 Å². The summed E-state index contributed by atoms with van der Waals surface area (Å²) in [7, 11) is 6.17. The summed E-state index contributed by atoms with van der Waals surface area (Å²) in [5.74, 6) is 2.15. The van der Waals surface area contributed by atoms with Crippen molar-refractivity contribution in [3.8, 4) is 5.75 Å². The van der Waals surface area contributed by atoms with Crippen LogP contribution in [-0.4, -0.2) is 78.8 Å². The molecule has 0 spiro atoms. The summed E-state index contributed by atoms with van der Waals surface area (Å²) in [4.78, 5) is 13.0. The maximum Gasteiger partial charge on any atom is 0.127 e. The van der Waals surface area contributed by atoms with Crippen LogP contribution in [0.25, 0.3) is 11.0 Å². The lowest BCUT2D eigenvalue weighted by molar-refractivity contribution is 0.110. The molecule has 7 nitrogen and oxygen atoms in total. The average Bonchev–Trinajstić information content (AvgIpc) is 3.32. The Labute approximate surface area is 241 Å². The van der Waals surface area contributed by atoms with Gasteiger partial charge in [0.25, 0.3) is 0 Å². The number of hydrogen-bond acceptors (Lipinski definition) is 6. The van der Waals surface area contributed by atoms with Crippen LogP contribution in [-0.2, 0) is 12.1 Å². The number of nitrogens with zero attached hydrogens (tertiary/aromatic N) is 5. The fourth-order valence-corrected chi connectivity index (χ4v) is 7.32. The topological polar surface area (TPSA) is 48.8 Å². The average molecular weight is 547 g/mol. The molecule has 3 aromatic rings. The van der Waals surface area contributed by atoms with Crippen molar-refractivity contribution >= 4 is 16.7 Å². The lowest BCUT2D eigenvalue weighted by atomic mass is 9.79. The lowest BCUT2D eigenvalue weighted by Crippen LogP contribution is -2.55. The number of aryl methyl sites for hydroxylation is 1. The monoisotopic (exact) mass is 546 g/mol. The number of benzene rings is 2. The maximum absolute atomic E-state index is 5.42. The Morgan fingerprint density at radius 3 is 2.27 bits per heavy atom. The van der Waals surface area contributed by atoms with E-state index in [4.69, 9.17) is 9.72 Å². The van der Waals surface area contributed by atoms with E-state index in [0.717, 1.165) is 69.7 Å². The molecule has 0 aliphatic carbocycles. The number of piperazine rings is 1. The lowest BCUT2D eigenvalue weighted by Gasteiger charge is -2.47. The van der Waals surface area contributed by atoms with Gasteiger partial charge in [-0.2, -0.15) is 0 Å². The number of rotatable bonds is 9. The van der Waals surface area contributed by atoms with Gasteiger partial charge in [0, 0.05) is 56.0 Å². The van der Waals surface area contributed by atoms with Gasteiger partial charge in [0.2, 0.25) is 0 Å². The van der Waals surface area contributed by atoms with Crippen molar-refractivity contribution in [3.05, 3.63) is 53.9 Å². The van der Waals surface area contributed by atoms with E-state index in [1.54, 1.807) is 7.11 Å². The second-order valence-electron chi connectivity index (χ2n) is 12.3.